The van der Waals surface area contributed by atoms with Gasteiger partial charge in [0.15, 0.2) is 0 Å². The third-order valence-electron chi connectivity index (χ3n) is 4.62. The van der Waals surface area contributed by atoms with Gasteiger partial charge < -0.3 is 0 Å². The van der Waals surface area contributed by atoms with E-state index in [2.05, 4.69) is 77.8 Å². The van der Waals surface area contributed by atoms with Crippen molar-refractivity contribution in [1.29, 1.82) is 0 Å². The SMILES string of the molecule is Cc1nc(-c2ccc(-c3ccccc3)cc2)c2c(n1)sc1ccccc12. The second-order valence-electron chi connectivity index (χ2n) is 6.34. The lowest BCUT2D eigenvalue weighted by Crippen LogP contribution is -1.92. The first-order valence-corrected chi connectivity index (χ1v) is 9.43. The van der Waals surface area contributed by atoms with E-state index in [1.165, 1.54) is 21.2 Å². The van der Waals surface area contributed by atoms with Gasteiger partial charge in [-0.1, -0.05) is 72.8 Å². The van der Waals surface area contributed by atoms with Crippen molar-refractivity contribution in [3.8, 4) is 22.4 Å². The van der Waals surface area contributed by atoms with Crippen molar-refractivity contribution < 1.29 is 0 Å². The molecule has 0 spiro atoms. The molecular weight excluding hydrogens is 336 g/mol. The Kier molecular flexibility index (Phi) is 3.54. The Morgan fingerprint density at radius 1 is 0.654 bits per heavy atom. The van der Waals surface area contributed by atoms with E-state index in [4.69, 9.17) is 4.98 Å². The Balaban J connectivity index is 1.71. The zero-order valence-electron chi connectivity index (χ0n) is 14.3. The van der Waals surface area contributed by atoms with Crippen molar-refractivity contribution in [2.75, 3.05) is 0 Å². The molecule has 0 saturated heterocycles. The summed E-state index contributed by atoms with van der Waals surface area (Å²) in [6, 6.07) is 27.6. The first kappa shape index (κ1) is 15.2. The topological polar surface area (TPSA) is 25.8 Å². The summed E-state index contributed by atoms with van der Waals surface area (Å²) in [7, 11) is 0. The minimum Gasteiger partial charge on any atom is -0.232 e. The van der Waals surface area contributed by atoms with Crippen LogP contribution >= 0.6 is 11.3 Å². The normalized spacial score (nSPS) is 11.3. The zero-order valence-corrected chi connectivity index (χ0v) is 15.1. The summed E-state index contributed by atoms with van der Waals surface area (Å²) in [6.45, 7) is 1.96. The van der Waals surface area contributed by atoms with Gasteiger partial charge in [-0.2, -0.15) is 0 Å². The largest absolute Gasteiger partial charge is 0.232 e. The van der Waals surface area contributed by atoms with Gasteiger partial charge in [0.2, 0.25) is 0 Å². The first-order valence-electron chi connectivity index (χ1n) is 8.61. The van der Waals surface area contributed by atoms with Gasteiger partial charge in [0.25, 0.3) is 0 Å². The molecule has 0 radical (unpaired) electrons. The van der Waals surface area contributed by atoms with E-state index in [0.717, 1.165) is 27.3 Å². The van der Waals surface area contributed by atoms with Crippen molar-refractivity contribution in [3.63, 3.8) is 0 Å². The first-order chi connectivity index (χ1) is 12.8. The highest BCUT2D eigenvalue weighted by Gasteiger charge is 2.14. The maximum Gasteiger partial charge on any atom is 0.128 e. The molecule has 5 aromatic rings. The van der Waals surface area contributed by atoms with Crippen LogP contribution in [0.1, 0.15) is 5.82 Å². The van der Waals surface area contributed by atoms with E-state index in [1.807, 2.05) is 13.0 Å². The van der Waals surface area contributed by atoms with E-state index in [0.29, 0.717) is 0 Å². The van der Waals surface area contributed by atoms with Crippen molar-refractivity contribution in [1.82, 2.24) is 9.97 Å². The third-order valence-corrected chi connectivity index (χ3v) is 5.68. The molecule has 5 rings (SSSR count). The molecular formula is C23H16N2S. The molecule has 0 bridgehead atoms. The minimum atomic E-state index is 0.811. The van der Waals surface area contributed by atoms with E-state index >= 15 is 0 Å². The Labute approximate surface area is 155 Å². The van der Waals surface area contributed by atoms with Crippen LogP contribution in [0.5, 0.6) is 0 Å². The zero-order chi connectivity index (χ0) is 17.5. The van der Waals surface area contributed by atoms with Crippen molar-refractivity contribution >= 4 is 31.6 Å². The van der Waals surface area contributed by atoms with Crippen LogP contribution in [-0.2, 0) is 0 Å². The lowest BCUT2D eigenvalue weighted by Gasteiger charge is -2.07. The van der Waals surface area contributed by atoms with Crippen LogP contribution in [0.4, 0.5) is 0 Å². The van der Waals surface area contributed by atoms with E-state index in [1.54, 1.807) is 11.3 Å². The summed E-state index contributed by atoms with van der Waals surface area (Å²) in [6.07, 6.45) is 0. The molecule has 2 nitrogen and oxygen atoms in total. The van der Waals surface area contributed by atoms with Crippen molar-refractivity contribution in [2.45, 2.75) is 6.92 Å². The summed E-state index contributed by atoms with van der Waals surface area (Å²) in [4.78, 5) is 10.5. The number of fused-ring (bicyclic) bond motifs is 3. The minimum absolute atomic E-state index is 0.811. The van der Waals surface area contributed by atoms with Crippen LogP contribution < -0.4 is 0 Å². The summed E-state index contributed by atoms with van der Waals surface area (Å²) in [5.74, 6) is 0.811. The fourth-order valence-corrected chi connectivity index (χ4v) is 4.51. The highest BCUT2D eigenvalue weighted by Crippen LogP contribution is 2.38. The Bertz CT molecular complexity index is 1220. The van der Waals surface area contributed by atoms with Gasteiger partial charge in [0.1, 0.15) is 10.7 Å². The number of benzene rings is 3. The number of aromatic nitrogens is 2. The van der Waals surface area contributed by atoms with Crippen LogP contribution in [0.2, 0.25) is 0 Å². The quantitative estimate of drug-likeness (QED) is 0.363. The molecule has 2 heterocycles. The number of hydrogen-bond donors (Lipinski definition) is 0. The number of rotatable bonds is 2. The average molecular weight is 352 g/mol. The molecule has 2 aromatic heterocycles. The summed E-state index contributed by atoms with van der Waals surface area (Å²) in [5.41, 5.74) is 4.59. The number of nitrogens with zero attached hydrogens (tertiary/aromatic N) is 2. The molecule has 0 aliphatic carbocycles. The highest BCUT2D eigenvalue weighted by atomic mass is 32.1. The number of thiophene rings is 1. The molecule has 0 unspecified atom stereocenters. The molecule has 3 heteroatoms. The number of hydrogen-bond acceptors (Lipinski definition) is 3. The van der Waals surface area contributed by atoms with Crippen LogP contribution in [0.25, 0.3) is 42.7 Å². The Hall–Kier alpha value is -3.04. The third kappa shape index (κ3) is 2.49. The van der Waals surface area contributed by atoms with E-state index in [9.17, 15) is 0 Å². The Morgan fingerprint density at radius 3 is 2.12 bits per heavy atom. The maximum absolute atomic E-state index is 4.79. The van der Waals surface area contributed by atoms with Gasteiger partial charge in [0.05, 0.1) is 5.69 Å². The van der Waals surface area contributed by atoms with Crippen molar-refractivity contribution in [3.05, 3.63) is 84.7 Å². The fraction of sp³-hybridized carbons (Fsp3) is 0.0435. The molecule has 124 valence electrons. The molecule has 0 N–H and O–H groups in total. The number of aryl methyl sites for hydroxylation is 1. The molecule has 0 aliphatic heterocycles. The molecule has 0 aliphatic rings. The standard InChI is InChI=1S/C23H16N2S/c1-15-24-22(21-19-9-5-6-10-20(19)26-23(21)25-15)18-13-11-17(12-14-18)16-7-3-2-4-8-16/h2-14H,1H3. The predicted octanol–water partition coefficient (Wildman–Crippen LogP) is 6.49. The van der Waals surface area contributed by atoms with Gasteiger partial charge in [0, 0.05) is 21.0 Å². The summed E-state index contributed by atoms with van der Waals surface area (Å²) >= 11 is 1.73. The van der Waals surface area contributed by atoms with Gasteiger partial charge >= 0.3 is 0 Å². The van der Waals surface area contributed by atoms with Gasteiger partial charge in [-0.3, -0.25) is 0 Å². The van der Waals surface area contributed by atoms with Crippen LogP contribution in [0.15, 0.2) is 78.9 Å². The maximum atomic E-state index is 4.79. The molecule has 0 atom stereocenters. The Morgan fingerprint density at radius 2 is 1.31 bits per heavy atom. The van der Waals surface area contributed by atoms with Crippen LogP contribution in [0, 0.1) is 6.92 Å². The second-order valence-corrected chi connectivity index (χ2v) is 7.37. The fourth-order valence-electron chi connectivity index (χ4n) is 3.39. The molecule has 0 saturated carbocycles. The van der Waals surface area contributed by atoms with Gasteiger partial charge in [-0.25, -0.2) is 9.97 Å². The average Bonchev–Trinajstić information content (AvgIpc) is 3.06. The molecule has 0 amide bonds. The summed E-state index contributed by atoms with van der Waals surface area (Å²) in [5, 5.41) is 2.39. The van der Waals surface area contributed by atoms with Gasteiger partial charge in [-0.15, -0.1) is 11.3 Å². The van der Waals surface area contributed by atoms with Gasteiger partial charge in [-0.05, 0) is 24.1 Å². The molecule has 3 aromatic carbocycles. The van der Waals surface area contributed by atoms with E-state index < -0.39 is 0 Å². The smallest absolute Gasteiger partial charge is 0.128 e. The van der Waals surface area contributed by atoms with Crippen LogP contribution in [-0.4, -0.2) is 9.97 Å². The lowest BCUT2D eigenvalue weighted by atomic mass is 10.0. The van der Waals surface area contributed by atoms with E-state index in [-0.39, 0.29) is 0 Å². The summed E-state index contributed by atoms with van der Waals surface area (Å²) < 4.78 is 1.25. The lowest BCUT2D eigenvalue weighted by molar-refractivity contribution is 1.10. The highest BCUT2D eigenvalue weighted by molar-refractivity contribution is 7.25. The monoisotopic (exact) mass is 352 g/mol. The molecule has 0 fully saturated rings. The molecule has 26 heavy (non-hydrogen) atoms. The predicted molar refractivity (Wildman–Crippen MR) is 111 cm³/mol. The second kappa shape index (κ2) is 6.04. The van der Waals surface area contributed by atoms with Crippen molar-refractivity contribution in [2.24, 2.45) is 0 Å². The van der Waals surface area contributed by atoms with Crippen LogP contribution in [0.3, 0.4) is 0 Å².